The van der Waals surface area contributed by atoms with Crippen molar-refractivity contribution in [1.82, 2.24) is 10.2 Å². The van der Waals surface area contributed by atoms with Crippen LogP contribution in [0.15, 0.2) is 78.9 Å². The zero-order valence-electron chi connectivity index (χ0n) is 20.3. The van der Waals surface area contributed by atoms with Crippen LogP contribution in [0.4, 0.5) is 0 Å². The number of hydrogen-bond donors (Lipinski definition) is 1. The molecule has 3 aromatic carbocycles. The molecule has 0 aliphatic heterocycles. The number of rotatable bonds is 11. The summed E-state index contributed by atoms with van der Waals surface area (Å²) in [5.74, 6) is 0.250. The van der Waals surface area contributed by atoms with Crippen molar-refractivity contribution in [3.05, 3.63) is 101 Å². The Hall–Kier alpha value is -3.60. The number of carbonyl (C=O) groups excluding carboxylic acids is 2. The molecule has 0 fully saturated rings. The highest BCUT2D eigenvalue weighted by Crippen LogP contribution is 2.17. The molecule has 0 heterocycles. The molecule has 34 heavy (non-hydrogen) atoms. The zero-order chi connectivity index (χ0) is 24.3. The predicted molar refractivity (Wildman–Crippen MR) is 136 cm³/mol. The summed E-state index contributed by atoms with van der Waals surface area (Å²) in [5, 5.41) is 2.99. The molecule has 0 saturated heterocycles. The van der Waals surface area contributed by atoms with Crippen molar-refractivity contribution in [2.45, 2.75) is 46.2 Å². The molecule has 1 unspecified atom stereocenters. The second kappa shape index (κ2) is 12.6. The molecule has 0 radical (unpaired) electrons. The van der Waals surface area contributed by atoms with Crippen molar-refractivity contribution in [2.75, 3.05) is 13.2 Å². The van der Waals surface area contributed by atoms with Crippen LogP contribution in [0.2, 0.25) is 0 Å². The van der Waals surface area contributed by atoms with E-state index >= 15 is 0 Å². The summed E-state index contributed by atoms with van der Waals surface area (Å²) in [6.07, 6.45) is 1.25. The van der Waals surface area contributed by atoms with E-state index in [-0.39, 0.29) is 18.4 Å². The van der Waals surface area contributed by atoms with E-state index in [4.69, 9.17) is 4.74 Å². The fourth-order valence-electron chi connectivity index (χ4n) is 3.67. The first-order valence-corrected chi connectivity index (χ1v) is 11.8. The second-order valence-corrected chi connectivity index (χ2v) is 8.61. The molecule has 178 valence electrons. The third-order valence-electron chi connectivity index (χ3n) is 5.68. The maximum atomic E-state index is 13.5. The number of aryl methyl sites for hydroxylation is 2. The summed E-state index contributed by atoms with van der Waals surface area (Å²) in [5.41, 5.74) is 4.23. The van der Waals surface area contributed by atoms with E-state index in [0.717, 1.165) is 28.7 Å². The molecule has 0 saturated carbocycles. The van der Waals surface area contributed by atoms with Crippen LogP contribution in [0.3, 0.4) is 0 Å². The fourth-order valence-corrected chi connectivity index (χ4v) is 3.67. The van der Waals surface area contributed by atoms with Crippen LogP contribution in [-0.4, -0.2) is 35.9 Å². The van der Waals surface area contributed by atoms with E-state index in [1.807, 2.05) is 99.6 Å². The van der Waals surface area contributed by atoms with Crippen LogP contribution in [0.5, 0.6) is 5.75 Å². The number of amides is 2. The van der Waals surface area contributed by atoms with Crippen molar-refractivity contribution in [3.63, 3.8) is 0 Å². The first kappa shape index (κ1) is 25.0. The van der Waals surface area contributed by atoms with Gasteiger partial charge in [0.2, 0.25) is 5.91 Å². The van der Waals surface area contributed by atoms with E-state index in [9.17, 15) is 9.59 Å². The first-order valence-electron chi connectivity index (χ1n) is 11.8. The Morgan fingerprint density at radius 1 is 0.853 bits per heavy atom. The van der Waals surface area contributed by atoms with Gasteiger partial charge >= 0.3 is 0 Å². The Balaban J connectivity index is 1.87. The molecule has 5 heteroatoms. The molecule has 0 aromatic heterocycles. The van der Waals surface area contributed by atoms with E-state index in [2.05, 4.69) is 5.32 Å². The highest BCUT2D eigenvalue weighted by Gasteiger charge is 2.30. The summed E-state index contributed by atoms with van der Waals surface area (Å²) in [7, 11) is 0. The summed E-state index contributed by atoms with van der Waals surface area (Å²) < 4.78 is 5.80. The standard InChI is InChI=1S/C29H34N2O3/c1-4-18-30-29(33)27(19-24-8-6-5-7-9-24)31(20-25-14-10-22(2)11-15-25)28(32)21-34-26-16-12-23(3)13-17-26/h5-17,27H,4,18-21H2,1-3H3,(H,30,33). The third kappa shape index (κ3) is 7.48. The van der Waals surface area contributed by atoms with E-state index in [0.29, 0.717) is 25.3 Å². The molecule has 0 aliphatic carbocycles. The molecular weight excluding hydrogens is 424 g/mol. The molecule has 0 spiro atoms. The minimum absolute atomic E-state index is 0.138. The second-order valence-electron chi connectivity index (χ2n) is 8.61. The van der Waals surface area contributed by atoms with Gasteiger partial charge in [-0.2, -0.15) is 0 Å². The van der Waals surface area contributed by atoms with Crippen molar-refractivity contribution < 1.29 is 14.3 Å². The van der Waals surface area contributed by atoms with Gasteiger partial charge in [-0.3, -0.25) is 9.59 Å². The van der Waals surface area contributed by atoms with Crippen molar-refractivity contribution in [3.8, 4) is 5.75 Å². The third-order valence-corrected chi connectivity index (χ3v) is 5.68. The van der Waals surface area contributed by atoms with Gasteiger partial charge in [0.1, 0.15) is 11.8 Å². The van der Waals surface area contributed by atoms with Crippen LogP contribution in [0.1, 0.15) is 35.6 Å². The van der Waals surface area contributed by atoms with Crippen molar-refractivity contribution in [2.24, 2.45) is 0 Å². The summed E-state index contributed by atoms with van der Waals surface area (Å²) in [6, 6.07) is 24.8. The molecule has 5 nitrogen and oxygen atoms in total. The highest BCUT2D eigenvalue weighted by atomic mass is 16.5. The van der Waals surface area contributed by atoms with E-state index < -0.39 is 6.04 Å². The Morgan fingerprint density at radius 3 is 2.09 bits per heavy atom. The SMILES string of the molecule is CCCNC(=O)C(Cc1ccccc1)N(Cc1ccc(C)cc1)C(=O)COc1ccc(C)cc1. The number of ether oxygens (including phenoxy) is 1. The van der Waals surface area contributed by atoms with Gasteiger partial charge in [-0.25, -0.2) is 0 Å². The molecule has 1 atom stereocenters. The quantitative estimate of drug-likeness (QED) is 0.447. The van der Waals surface area contributed by atoms with E-state index in [1.54, 1.807) is 4.90 Å². The van der Waals surface area contributed by atoms with E-state index in [1.165, 1.54) is 0 Å². The lowest BCUT2D eigenvalue weighted by molar-refractivity contribution is -0.142. The Bertz CT molecular complexity index is 1050. The van der Waals surface area contributed by atoms with Crippen LogP contribution < -0.4 is 10.1 Å². The number of carbonyl (C=O) groups is 2. The zero-order valence-corrected chi connectivity index (χ0v) is 20.3. The van der Waals surface area contributed by atoms with Gasteiger partial charge in [0.25, 0.3) is 5.91 Å². The number of nitrogens with one attached hydrogen (secondary N) is 1. The van der Waals surface area contributed by atoms with Crippen LogP contribution in [-0.2, 0) is 22.6 Å². The number of nitrogens with zero attached hydrogens (tertiary/aromatic N) is 1. The summed E-state index contributed by atoms with van der Waals surface area (Å²) >= 11 is 0. The summed E-state index contributed by atoms with van der Waals surface area (Å²) in [4.78, 5) is 28.4. The molecule has 0 bridgehead atoms. The molecule has 3 rings (SSSR count). The largest absolute Gasteiger partial charge is 0.484 e. The van der Waals surface area contributed by atoms with Gasteiger partial charge < -0.3 is 15.0 Å². The van der Waals surface area contributed by atoms with Crippen molar-refractivity contribution in [1.29, 1.82) is 0 Å². The highest BCUT2D eigenvalue weighted by molar-refractivity contribution is 5.88. The van der Waals surface area contributed by atoms with Crippen LogP contribution in [0.25, 0.3) is 0 Å². The molecular formula is C29H34N2O3. The van der Waals surface area contributed by atoms with Gasteiger partial charge in [0.15, 0.2) is 6.61 Å². The smallest absolute Gasteiger partial charge is 0.261 e. The van der Waals surface area contributed by atoms with Gasteiger partial charge in [-0.15, -0.1) is 0 Å². The number of hydrogen-bond acceptors (Lipinski definition) is 3. The Labute approximate surface area is 202 Å². The van der Waals surface area contributed by atoms with Gasteiger partial charge in [0, 0.05) is 19.5 Å². The lowest BCUT2D eigenvalue weighted by atomic mass is 10.0. The molecule has 2 amide bonds. The Morgan fingerprint density at radius 2 is 1.47 bits per heavy atom. The molecule has 0 aliphatic rings. The first-order chi connectivity index (χ1) is 16.5. The average Bonchev–Trinajstić information content (AvgIpc) is 2.86. The van der Waals surface area contributed by atoms with Gasteiger partial charge in [0.05, 0.1) is 0 Å². The number of benzene rings is 3. The van der Waals surface area contributed by atoms with Gasteiger partial charge in [-0.1, -0.05) is 84.8 Å². The maximum Gasteiger partial charge on any atom is 0.261 e. The summed E-state index contributed by atoms with van der Waals surface area (Å²) in [6.45, 7) is 6.79. The lowest BCUT2D eigenvalue weighted by Gasteiger charge is -2.31. The van der Waals surface area contributed by atoms with Gasteiger partial charge in [-0.05, 0) is 43.5 Å². The monoisotopic (exact) mass is 458 g/mol. The topological polar surface area (TPSA) is 58.6 Å². The van der Waals surface area contributed by atoms with Crippen molar-refractivity contribution >= 4 is 11.8 Å². The fraction of sp³-hybridized carbons (Fsp3) is 0.310. The molecule has 1 N–H and O–H groups in total. The average molecular weight is 459 g/mol. The predicted octanol–water partition coefficient (Wildman–Crippen LogP) is 4.85. The molecule has 3 aromatic rings. The maximum absolute atomic E-state index is 13.5. The minimum atomic E-state index is -0.649. The Kier molecular flexibility index (Phi) is 9.27. The normalized spacial score (nSPS) is 11.5. The minimum Gasteiger partial charge on any atom is -0.484 e. The lowest BCUT2D eigenvalue weighted by Crippen LogP contribution is -2.51. The van der Waals surface area contributed by atoms with Crippen LogP contribution >= 0.6 is 0 Å². The van der Waals surface area contributed by atoms with Crippen LogP contribution in [0, 0.1) is 13.8 Å².